The van der Waals surface area contributed by atoms with E-state index in [2.05, 4.69) is 13.2 Å². The van der Waals surface area contributed by atoms with E-state index >= 15 is 0 Å². The van der Waals surface area contributed by atoms with Gasteiger partial charge in [0.2, 0.25) is 0 Å². The van der Waals surface area contributed by atoms with E-state index in [9.17, 15) is 0 Å². The van der Waals surface area contributed by atoms with Crippen molar-refractivity contribution < 1.29 is 9.47 Å². The van der Waals surface area contributed by atoms with E-state index in [1.54, 1.807) is 0 Å². The molecule has 0 aromatic rings. The van der Waals surface area contributed by atoms with Crippen molar-refractivity contribution in [3.8, 4) is 0 Å². The summed E-state index contributed by atoms with van der Waals surface area (Å²) in [5, 5.41) is 0. The van der Waals surface area contributed by atoms with E-state index in [-0.39, 0.29) is 0 Å². The largest absolute Gasteiger partial charge is 0.355 e. The van der Waals surface area contributed by atoms with E-state index in [1.807, 2.05) is 12.2 Å². The molecule has 0 aliphatic heterocycles. The highest BCUT2D eigenvalue weighted by molar-refractivity contribution is 4.65. The lowest BCUT2D eigenvalue weighted by molar-refractivity contribution is -0.0556. The van der Waals surface area contributed by atoms with Gasteiger partial charge in [-0.15, -0.1) is 13.2 Å². The molecule has 0 saturated carbocycles. The van der Waals surface area contributed by atoms with Gasteiger partial charge < -0.3 is 9.47 Å². The van der Waals surface area contributed by atoms with Crippen LogP contribution in [0.1, 0.15) is 103 Å². The average Bonchev–Trinajstić information content (AvgIpc) is 2.63. The fraction of sp³-hybridized carbons (Fsp3) is 0.826. The first-order valence-electron chi connectivity index (χ1n) is 10.8. The van der Waals surface area contributed by atoms with Gasteiger partial charge in [0.25, 0.3) is 0 Å². The molecular formula is C23H44O2. The van der Waals surface area contributed by atoms with Gasteiger partial charge in [-0.25, -0.2) is 0 Å². The van der Waals surface area contributed by atoms with E-state index in [4.69, 9.17) is 9.47 Å². The third kappa shape index (κ3) is 23.4. The number of hydrogen-bond donors (Lipinski definition) is 0. The van der Waals surface area contributed by atoms with E-state index in [0.717, 1.165) is 13.2 Å². The zero-order chi connectivity index (χ0) is 18.3. The smallest absolute Gasteiger partial charge is 0.146 e. The Kier molecular flexibility index (Phi) is 22.8. The molecule has 25 heavy (non-hydrogen) atoms. The monoisotopic (exact) mass is 352 g/mol. The summed E-state index contributed by atoms with van der Waals surface area (Å²) in [6.07, 6.45) is 24.7. The Morgan fingerprint density at radius 3 is 1.12 bits per heavy atom. The lowest BCUT2D eigenvalue weighted by Gasteiger charge is -2.06. The van der Waals surface area contributed by atoms with Crippen LogP contribution in [-0.2, 0) is 9.47 Å². The van der Waals surface area contributed by atoms with E-state index in [0.29, 0.717) is 6.79 Å². The summed E-state index contributed by atoms with van der Waals surface area (Å²) in [7, 11) is 0. The van der Waals surface area contributed by atoms with Crippen molar-refractivity contribution in [2.24, 2.45) is 0 Å². The fourth-order valence-electron chi connectivity index (χ4n) is 2.93. The van der Waals surface area contributed by atoms with Crippen LogP contribution in [0.4, 0.5) is 0 Å². The second-order valence-corrected chi connectivity index (χ2v) is 7.04. The van der Waals surface area contributed by atoms with Crippen molar-refractivity contribution in [3.63, 3.8) is 0 Å². The standard InChI is InChI=1S/C23H44O2/c1-3-5-7-9-11-13-15-17-19-21-24-23-25-22-20-18-16-14-12-10-8-6-4-2/h3-4H,1-2,5-23H2. The average molecular weight is 353 g/mol. The first-order chi connectivity index (χ1) is 12.4. The molecule has 0 N–H and O–H groups in total. The summed E-state index contributed by atoms with van der Waals surface area (Å²) in [6.45, 7) is 9.68. The van der Waals surface area contributed by atoms with Crippen LogP contribution in [0.2, 0.25) is 0 Å². The molecule has 0 atom stereocenters. The predicted octanol–water partition coefficient (Wildman–Crippen LogP) is 7.59. The maximum Gasteiger partial charge on any atom is 0.146 e. The van der Waals surface area contributed by atoms with Gasteiger partial charge in [0.05, 0.1) is 0 Å². The zero-order valence-corrected chi connectivity index (χ0v) is 16.8. The molecule has 0 aromatic heterocycles. The van der Waals surface area contributed by atoms with Gasteiger partial charge in [0.15, 0.2) is 0 Å². The lowest BCUT2D eigenvalue weighted by atomic mass is 10.1. The maximum atomic E-state index is 5.53. The Bertz CT molecular complexity index is 237. The normalized spacial score (nSPS) is 10.9. The molecular weight excluding hydrogens is 308 g/mol. The van der Waals surface area contributed by atoms with Crippen molar-refractivity contribution >= 4 is 0 Å². The van der Waals surface area contributed by atoms with Crippen LogP contribution in [0.25, 0.3) is 0 Å². The second-order valence-electron chi connectivity index (χ2n) is 7.04. The van der Waals surface area contributed by atoms with Gasteiger partial charge >= 0.3 is 0 Å². The van der Waals surface area contributed by atoms with E-state index < -0.39 is 0 Å². The first-order valence-corrected chi connectivity index (χ1v) is 10.8. The SMILES string of the molecule is C=CCCCCCCCCCOCOCCCCCCCCCC=C. The zero-order valence-electron chi connectivity index (χ0n) is 16.8. The molecule has 0 amide bonds. The summed E-state index contributed by atoms with van der Waals surface area (Å²) >= 11 is 0. The van der Waals surface area contributed by atoms with Crippen molar-refractivity contribution in [2.45, 2.75) is 103 Å². The Morgan fingerprint density at radius 1 is 0.440 bits per heavy atom. The summed E-state index contributed by atoms with van der Waals surface area (Å²) in [5.41, 5.74) is 0. The molecule has 0 aromatic carbocycles. The van der Waals surface area contributed by atoms with Crippen LogP contribution in [0.5, 0.6) is 0 Å². The Labute approximate surface area is 158 Å². The number of hydrogen-bond acceptors (Lipinski definition) is 2. The maximum absolute atomic E-state index is 5.53. The van der Waals surface area contributed by atoms with Crippen molar-refractivity contribution in [2.75, 3.05) is 20.0 Å². The minimum Gasteiger partial charge on any atom is -0.355 e. The number of ether oxygens (including phenoxy) is 2. The van der Waals surface area contributed by atoms with Crippen molar-refractivity contribution in [1.82, 2.24) is 0 Å². The summed E-state index contributed by atoms with van der Waals surface area (Å²) in [6, 6.07) is 0. The molecule has 2 heteroatoms. The molecule has 0 saturated heterocycles. The minimum absolute atomic E-state index is 0.475. The molecule has 0 fully saturated rings. The number of allylic oxidation sites excluding steroid dienone is 2. The predicted molar refractivity (Wildman–Crippen MR) is 111 cm³/mol. The van der Waals surface area contributed by atoms with Crippen LogP contribution < -0.4 is 0 Å². The molecule has 0 aliphatic carbocycles. The molecule has 0 heterocycles. The van der Waals surface area contributed by atoms with Crippen LogP contribution in [-0.4, -0.2) is 20.0 Å². The molecule has 0 radical (unpaired) electrons. The van der Waals surface area contributed by atoms with Crippen LogP contribution in [0.15, 0.2) is 25.3 Å². The number of unbranched alkanes of at least 4 members (excludes halogenated alkanes) is 14. The highest BCUT2D eigenvalue weighted by Crippen LogP contribution is 2.10. The topological polar surface area (TPSA) is 18.5 Å². The van der Waals surface area contributed by atoms with Gasteiger partial charge in [-0.05, 0) is 38.5 Å². The van der Waals surface area contributed by atoms with Gasteiger partial charge in [0.1, 0.15) is 6.79 Å². The Morgan fingerprint density at radius 2 is 0.760 bits per heavy atom. The van der Waals surface area contributed by atoms with E-state index in [1.165, 1.54) is 103 Å². The summed E-state index contributed by atoms with van der Waals surface area (Å²) in [4.78, 5) is 0. The minimum atomic E-state index is 0.475. The fourth-order valence-corrected chi connectivity index (χ4v) is 2.93. The lowest BCUT2D eigenvalue weighted by Crippen LogP contribution is -2.03. The van der Waals surface area contributed by atoms with Gasteiger partial charge in [0, 0.05) is 13.2 Å². The van der Waals surface area contributed by atoms with Crippen LogP contribution in [0, 0.1) is 0 Å². The third-order valence-electron chi connectivity index (χ3n) is 4.56. The van der Waals surface area contributed by atoms with Gasteiger partial charge in [-0.1, -0.05) is 76.4 Å². The molecule has 0 aliphatic rings. The number of rotatable bonds is 22. The molecule has 0 bridgehead atoms. The third-order valence-corrected chi connectivity index (χ3v) is 4.56. The highest BCUT2D eigenvalue weighted by atomic mass is 16.7. The molecule has 2 nitrogen and oxygen atoms in total. The van der Waals surface area contributed by atoms with Crippen molar-refractivity contribution in [1.29, 1.82) is 0 Å². The molecule has 0 spiro atoms. The molecule has 0 rings (SSSR count). The second kappa shape index (κ2) is 23.4. The van der Waals surface area contributed by atoms with Crippen molar-refractivity contribution in [3.05, 3.63) is 25.3 Å². The molecule has 148 valence electrons. The quantitative estimate of drug-likeness (QED) is 0.113. The van der Waals surface area contributed by atoms with Crippen LogP contribution in [0.3, 0.4) is 0 Å². The molecule has 0 unspecified atom stereocenters. The Balaban J connectivity index is 2.96. The Hall–Kier alpha value is -0.600. The highest BCUT2D eigenvalue weighted by Gasteiger charge is 1.94. The first kappa shape index (κ1) is 24.4. The van der Waals surface area contributed by atoms with Gasteiger partial charge in [-0.2, -0.15) is 0 Å². The summed E-state index contributed by atoms with van der Waals surface area (Å²) < 4.78 is 11.1. The van der Waals surface area contributed by atoms with Crippen LogP contribution >= 0.6 is 0 Å². The van der Waals surface area contributed by atoms with Gasteiger partial charge in [-0.3, -0.25) is 0 Å². The summed E-state index contributed by atoms with van der Waals surface area (Å²) in [5.74, 6) is 0.